The van der Waals surface area contributed by atoms with Crippen LogP contribution in [0.3, 0.4) is 0 Å². The van der Waals surface area contributed by atoms with E-state index in [0.29, 0.717) is 17.0 Å². The number of sulfonamides is 2. The SMILES string of the molecule is CC(C)(C)S(=O)(=O)Nc1cccc(-n2ccc3cnc(Cl)nc32)c1.CC(C)(C)S(=O)(=O)Nc1cccc(Br)c1.Clc1ncc2cc[nH]c2n1. The van der Waals surface area contributed by atoms with Crippen molar-refractivity contribution in [2.24, 2.45) is 0 Å². The number of H-pyrrole nitrogens is 1. The van der Waals surface area contributed by atoms with E-state index in [4.69, 9.17) is 23.2 Å². The number of aromatic nitrogens is 6. The maximum absolute atomic E-state index is 12.3. The molecule has 0 radical (unpaired) electrons. The average molecular weight is 811 g/mol. The lowest BCUT2D eigenvalue weighted by molar-refractivity contribution is 0.565. The third-order valence-corrected chi connectivity index (χ3v) is 11.8. The van der Waals surface area contributed by atoms with Gasteiger partial charge in [-0.3, -0.25) is 9.44 Å². The molecule has 49 heavy (non-hydrogen) atoms. The third-order valence-electron chi connectivity index (χ3n) is 6.73. The minimum Gasteiger partial charge on any atom is -0.346 e. The van der Waals surface area contributed by atoms with Crippen LogP contribution < -0.4 is 9.44 Å². The molecule has 0 unspecified atom stereocenters. The van der Waals surface area contributed by atoms with Crippen LogP contribution in [0.25, 0.3) is 27.8 Å². The lowest BCUT2D eigenvalue weighted by atomic mass is 10.3. The number of rotatable bonds is 5. The van der Waals surface area contributed by atoms with E-state index in [0.717, 1.165) is 26.6 Å². The summed E-state index contributed by atoms with van der Waals surface area (Å²) in [6, 6.07) is 17.9. The quantitative estimate of drug-likeness (QED) is 0.147. The number of hydrogen-bond donors (Lipinski definition) is 3. The molecule has 17 heteroatoms. The van der Waals surface area contributed by atoms with Gasteiger partial charge in [-0.1, -0.05) is 28.1 Å². The fourth-order valence-corrected chi connectivity index (χ4v) is 5.96. The summed E-state index contributed by atoms with van der Waals surface area (Å²) >= 11 is 14.7. The summed E-state index contributed by atoms with van der Waals surface area (Å²) in [5.74, 6) is 0. The van der Waals surface area contributed by atoms with E-state index in [1.165, 1.54) is 0 Å². The Morgan fingerprint density at radius 1 is 0.735 bits per heavy atom. The van der Waals surface area contributed by atoms with Crippen molar-refractivity contribution in [3.05, 3.63) is 100 Å². The molecular formula is C32H35BrCl2N8O4S2. The summed E-state index contributed by atoms with van der Waals surface area (Å²) in [4.78, 5) is 18.9. The molecule has 260 valence electrons. The molecule has 0 bridgehead atoms. The maximum Gasteiger partial charge on any atom is 0.237 e. The number of nitrogens with one attached hydrogen (secondary N) is 3. The van der Waals surface area contributed by atoms with Crippen LogP contribution in [0.5, 0.6) is 0 Å². The molecule has 12 nitrogen and oxygen atoms in total. The fourth-order valence-electron chi connectivity index (χ4n) is 3.81. The molecule has 4 heterocycles. The summed E-state index contributed by atoms with van der Waals surface area (Å²) in [5.41, 5.74) is 3.27. The van der Waals surface area contributed by atoms with Crippen molar-refractivity contribution in [2.75, 3.05) is 9.44 Å². The Balaban J connectivity index is 0.000000183. The second-order valence-electron chi connectivity index (χ2n) is 12.5. The third kappa shape index (κ3) is 9.91. The lowest BCUT2D eigenvalue weighted by Crippen LogP contribution is -2.33. The smallest absolute Gasteiger partial charge is 0.237 e. The highest BCUT2D eigenvalue weighted by Crippen LogP contribution is 2.25. The van der Waals surface area contributed by atoms with Crippen LogP contribution in [-0.4, -0.2) is 55.8 Å². The molecule has 0 spiro atoms. The van der Waals surface area contributed by atoms with Crippen molar-refractivity contribution in [1.29, 1.82) is 0 Å². The van der Waals surface area contributed by atoms with Gasteiger partial charge in [-0.15, -0.1) is 0 Å². The van der Waals surface area contributed by atoms with Gasteiger partial charge < -0.3 is 9.55 Å². The number of anilines is 2. The lowest BCUT2D eigenvalue weighted by Gasteiger charge is -2.20. The Morgan fingerprint density at radius 2 is 1.29 bits per heavy atom. The van der Waals surface area contributed by atoms with E-state index in [9.17, 15) is 16.8 Å². The zero-order valence-electron chi connectivity index (χ0n) is 27.4. The van der Waals surface area contributed by atoms with Crippen molar-refractivity contribution < 1.29 is 16.8 Å². The Bertz CT molecular complexity index is 2300. The summed E-state index contributed by atoms with van der Waals surface area (Å²) in [5, 5.41) is 2.26. The molecule has 0 aliphatic carbocycles. The second-order valence-corrected chi connectivity index (χ2v) is 19.0. The number of hydrogen-bond acceptors (Lipinski definition) is 8. The summed E-state index contributed by atoms with van der Waals surface area (Å²) in [6.07, 6.45) is 6.97. The summed E-state index contributed by atoms with van der Waals surface area (Å²) < 4.78 is 54.4. The van der Waals surface area contributed by atoms with Crippen molar-refractivity contribution in [1.82, 2.24) is 29.5 Å². The molecular weight excluding hydrogens is 775 g/mol. The minimum absolute atomic E-state index is 0.159. The number of benzene rings is 2. The first-order valence-corrected chi connectivity index (χ1v) is 19.1. The first-order valence-electron chi connectivity index (χ1n) is 14.6. The van der Waals surface area contributed by atoms with Crippen LogP contribution in [0.1, 0.15) is 41.5 Å². The van der Waals surface area contributed by atoms with Gasteiger partial charge in [-0.05, 0) is 113 Å². The van der Waals surface area contributed by atoms with Crippen molar-refractivity contribution in [3.63, 3.8) is 0 Å². The Hall–Kier alpha value is -3.76. The molecule has 6 rings (SSSR count). The van der Waals surface area contributed by atoms with Crippen LogP contribution in [0, 0.1) is 0 Å². The number of fused-ring (bicyclic) bond motifs is 2. The number of aromatic amines is 1. The van der Waals surface area contributed by atoms with Crippen LogP contribution in [-0.2, 0) is 20.0 Å². The van der Waals surface area contributed by atoms with Crippen LogP contribution in [0.15, 0.2) is 89.9 Å². The predicted molar refractivity (Wildman–Crippen MR) is 202 cm³/mol. The highest BCUT2D eigenvalue weighted by molar-refractivity contribution is 9.10. The van der Waals surface area contributed by atoms with E-state index in [2.05, 4.69) is 50.3 Å². The van der Waals surface area contributed by atoms with E-state index in [1.807, 2.05) is 35.0 Å². The molecule has 2 aromatic carbocycles. The Labute approximate surface area is 303 Å². The molecule has 0 saturated carbocycles. The van der Waals surface area contributed by atoms with Gasteiger partial charge in [-0.25, -0.2) is 26.8 Å². The van der Waals surface area contributed by atoms with E-state index in [-0.39, 0.29) is 10.6 Å². The normalized spacial score (nSPS) is 12.1. The topological polar surface area (TPSA) is 165 Å². The Morgan fingerprint density at radius 3 is 1.88 bits per heavy atom. The van der Waals surface area contributed by atoms with Crippen molar-refractivity contribution in [3.8, 4) is 5.69 Å². The van der Waals surface area contributed by atoms with Crippen molar-refractivity contribution >= 4 is 92.6 Å². The van der Waals surface area contributed by atoms with Gasteiger partial charge in [0.25, 0.3) is 0 Å². The monoisotopic (exact) mass is 808 g/mol. The largest absolute Gasteiger partial charge is 0.346 e. The van der Waals surface area contributed by atoms with E-state index < -0.39 is 29.5 Å². The highest BCUT2D eigenvalue weighted by atomic mass is 79.9. The maximum atomic E-state index is 12.3. The molecule has 0 atom stereocenters. The first-order chi connectivity index (χ1) is 22.8. The molecule has 0 amide bonds. The molecule has 0 aliphatic heterocycles. The fraction of sp³-hybridized carbons (Fsp3) is 0.250. The van der Waals surface area contributed by atoms with Crippen LogP contribution in [0.4, 0.5) is 11.4 Å². The van der Waals surface area contributed by atoms with Crippen LogP contribution >= 0.6 is 39.1 Å². The summed E-state index contributed by atoms with van der Waals surface area (Å²) in [6.45, 7) is 9.93. The van der Waals surface area contributed by atoms with Gasteiger partial charge in [0.2, 0.25) is 30.6 Å². The molecule has 4 aromatic heterocycles. The molecule has 0 saturated heterocycles. The van der Waals surface area contributed by atoms with E-state index >= 15 is 0 Å². The minimum atomic E-state index is -3.49. The average Bonchev–Trinajstić information content (AvgIpc) is 3.63. The van der Waals surface area contributed by atoms with Crippen molar-refractivity contribution in [2.45, 2.75) is 51.0 Å². The highest BCUT2D eigenvalue weighted by Gasteiger charge is 2.29. The van der Waals surface area contributed by atoms with Gasteiger partial charge in [0.1, 0.15) is 11.3 Å². The molecule has 6 aromatic rings. The molecule has 0 aliphatic rings. The zero-order valence-corrected chi connectivity index (χ0v) is 32.1. The number of halogens is 3. The van der Waals surface area contributed by atoms with Crippen LogP contribution in [0.2, 0.25) is 10.6 Å². The molecule has 3 N–H and O–H groups in total. The summed E-state index contributed by atoms with van der Waals surface area (Å²) in [7, 11) is -6.83. The zero-order chi connectivity index (χ0) is 36.2. The first kappa shape index (κ1) is 38.0. The second kappa shape index (κ2) is 15.0. The standard InChI is InChI=1S/C16H17ClN4O2S.C10H14BrNO2S.C6H4ClN3/c1-16(2,3)24(22,23)20-12-5-4-6-13(9-12)21-8-7-11-10-18-15(17)19-14(11)21;1-10(2,3)15(13,14)12-9-6-4-5-8(11)7-9;7-6-9-3-4-1-2-8-5(4)10-6/h4-10,20H,1-3H3;4-7,12H,1-3H3;1-3H,(H,8,9,10). The molecule has 0 fully saturated rings. The van der Waals surface area contributed by atoms with Gasteiger partial charge in [0, 0.05) is 51.4 Å². The van der Waals surface area contributed by atoms with Gasteiger partial charge in [0.05, 0.1) is 15.2 Å². The number of nitrogens with zero attached hydrogens (tertiary/aromatic N) is 5. The van der Waals surface area contributed by atoms with Gasteiger partial charge >= 0.3 is 0 Å². The van der Waals surface area contributed by atoms with Gasteiger partial charge in [-0.2, -0.15) is 9.97 Å². The predicted octanol–water partition coefficient (Wildman–Crippen LogP) is 8.21. The Kier molecular flexibility index (Phi) is 11.7. The van der Waals surface area contributed by atoms with E-state index in [1.54, 1.807) is 96.5 Å². The van der Waals surface area contributed by atoms with Gasteiger partial charge in [0.15, 0.2) is 0 Å².